The molecule has 0 saturated carbocycles. The molecule has 2 aromatic heterocycles. The van der Waals surface area contributed by atoms with E-state index in [1.165, 1.54) is 24.5 Å². The molecule has 1 aromatic carbocycles. The van der Waals surface area contributed by atoms with Gasteiger partial charge in [0.15, 0.2) is 0 Å². The summed E-state index contributed by atoms with van der Waals surface area (Å²) in [6.07, 6.45) is 5.18. The van der Waals surface area contributed by atoms with E-state index >= 15 is 0 Å². The molecule has 1 amide bonds. The predicted molar refractivity (Wildman–Crippen MR) is 88.2 cm³/mol. The number of carbonyl (C=O) groups is 1. The van der Waals surface area contributed by atoms with Crippen molar-refractivity contribution in [2.45, 2.75) is 13.3 Å². The van der Waals surface area contributed by atoms with Gasteiger partial charge in [-0.3, -0.25) is 9.78 Å². The number of anilines is 1. The zero-order valence-corrected chi connectivity index (χ0v) is 13.0. The van der Waals surface area contributed by atoms with E-state index in [0.29, 0.717) is 12.2 Å². The summed E-state index contributed by atoms with van der Waals surface area (Å²) in [6.45, 7) is 1.80. The van der Waals surface area contributed by atoms with E-state index < -0.39 is 0 Å². The summed E-state index contributed by atoms with van der Waals surface area (Å²) < 4.78 is 13.2. The maximum Gasteiger partial charge on any atom is 0.277 e. The quantitative estimate of drug-likeness (QED) is 0.801. The van der Waals surface area contributed by atoms with Gasteiger partial charge in [0.1, 0.15) is 17.3 Å². The Morgan fingerprint density at radius 3 is 2.58 bits per heavy atom. The fourth-order valence-corrected chi connectivity index (χ4v) is 2.18. The molecule has 5 nitrogen and oxygen atoms in total. The first-order chi connectivity index (χ1) is 11.6. The monoisotopic (exact) mass is 322 g/mol. The molecule has 0 saturated heterocycles. The summed E-state index contributed by atoms with van der Waals surface area (Å²) in [5.41, 5.74) is 2.76. The molecule has 24 heavy (non-hydrogen) atoms. The summed E-state index contributed by atoms with van der Waals surface area (Å²) >= 11 is 0. The first-order valence-electron chi connectivity index (χ1n) is 7.39. The van der Waals surface area contributed by atoms with Crippen LogP contribution < -0.4 is 5.32 Å². The molecule has 2 heterocycles. The molecule has 0 bridgehead atoms. The summed E-state index contributed by atoms with van der Waals surface area (Å²) in [5, 5.41) is 2.67. The van der Waals surface area contributed by atoms with Gasteiger partial charge >= 0.3 is 0 Å². The summed E-state index contributed by atoms with van der Waals surface area (Å²) in [5.74, 6) is -0.207. The smallest absolute Gasteiger partial charge is 0.277 e. The van der Waals surface area contributed by atoms with E-state index in [9.17, 15) is 9.18 Å². The molecule has 6 heteroatoms. The van der Waals surface area contributed by atoms with Crippen LogP contribution in [0.15, 0.2) is 55.0 Å². The number of rotatable bonds is 4. The lowest BCUT2D eigenvalue weighted by Crippen LogP contribution is -2.15. The summed E-state index contributed by atoms with van der Waals surface area (Å²) in [7, 11) is 0. The lowest BCUT2D eigenvalue weighted by Gasteiger charge is -2.06. The standard InChI is InChI=1S/C18H15FN4O/c1-12-9-21-16(11-20-12)18(24)23-17-6-5-14(10-22-17)7-13-3-2-4-15(19)8-13/h2-6,8-11H,7H2,1H3,(H,22,23,24). The van der Waals surface area contributed by atoms with Gasteiger partial charge in [0.25, 0.3) is 5.91 Å². The van der Waals surface area contributed by atoms with Crippen molar-refractivity contribution >= 4 is 11.7 Å². The van der Waals surface area contributed by atoms with Gasteiger partial charge in [0.2, 0.25) is 0 Å². The molecule has 0 spiro atoms. The Morgan fingerprint density at radius 1 is 1.04 bits per heavy atom. The minimum atomic E-state index is -0.368. The third kappa shape index (κ3) is 3.98. The molecule has 0 aliphatic carbocycles. The molecule has 3 aromatic rings. The Bertz CT molecular complexity index is 848. The van der Waals surface area contributed by atoms with E-state index in [4.69, 9.17) is 0 Å². The predicted octanol–water partition coefficient (Wildman–Crippen LogP) is 3.16. The Morgan fingerprint density at radius 2 is 1.92 bits per heavy atom. The van der Waals surface area contributed by atoms with Crippen molar-refractivity contribution < 1.29 is 9.18 Å². The van der Waals surface area contributed by atoms with Crippen molar-refractivity contribution in [3.63, 3.8) is 0 Å². The zero-order chi connectivity index (χ0) is 16.9. The highest BCUT2D eigenvalue weighted by molar-refractivity contribution is 6.02. The van der Waals surface area contributed by atoms with E-state index in [1.54, 1.807) is 25.3 Å². The number of aryl methyl sites for hydroxylation is 1. The topological polar surface area (TPSA) is 67.8 Å². The van der Waals surface area contributed by atoms with Crippen LogP contribution in [0.3, 0.4) is 0 Å². The van der Waals surface area contributed by atoms with Crippen molar-refractivity contribution in [3.8, 4) is 0 Å². The second-order valence-corrected chi connectivity index (χ2v) is 5.36. The van der Waals surface area contributed by atoms with Crippen LogP contribution in [0.2, 0.25) is 0 Å². The molecule has 3 rings (SSSR count). The van der Waals surface area contributed by atoms with Gasteiger partial charge in [0.05, 0.1) is 11.9 Å². The average molecular weight is 322 g/mol. The fraction of sp³-hybridized carbons (Fsp3) is 0.111. The van der Waals surface area contributed by atoms with Crippen LogP contribution in [-0.2, 0) is 6.42 Å². The second kappa shape index (κ2) is 6.95. The molecule has 1 N–H and O–H groups in total. The number of carbonyl (C=O) groups excluding carboxylic acids is 1. The van der Waals surface area contributed by atoms with Gasteiger partial charge in [-0.15, -0.1) is 0 Å². The van der Waals surface area contributed by atoms with Crippen LogP contribution >= 0.6 is 0 Å². The highest BCUT2D eigenvalue weighted by atomic mass is 19.1. The number of hydrogen-bond donors (Lipinski definition) is 1. The van der Waals surface area contributed by atoms with E-state index in [-0.39, 0.29) is 17.4 Å². The van der Waals surface area contributed by atoms with Gasteiger partial charge in [-0.1, -0.05) is 18.2 Å². The molecule has 0 radical (unpaired) electrons. The number of amides is 1. The fourth-order valence-electron chi connectivity index (χ4n) is 2.18. The van der Waals surface area contributed by atoms with E-state index in [2.05, 4.69) is 20.3 Å². The number of hydrogen-bond acceptors (Lipinski definition) is 4. The van der Waals surface area contributed by atoms with E-state index in [1.807, 2.05) is 12.1 Å². The van der Waals surface area contributed by atoms with Crippen LogP contribution in [0.25, 0.3) is 0 Å². The first kappa shape index (κ1) is 15.7. The zero-order valence-electron chi connectivity index (χ0n) is 13.0. The Balaban J connectivity index is 1.66. The van der Waals surface area contributed by atoms with Gasteiger partial charge in [0, 0.05) is 12.4 Å². The molecule has 0 aliphatic rings. The third-order valence-corrected chi connectivity index (χ3v) is 3.38. The summed E-state index contributed by atoms with van der Waals surface area (Å²) in [6, 6.07) is 9.98. The lowest BCUT2D eigenvalue weighted by molar-refractivity contribution is 0.102. The van der Waals surface area contributed by atoms with Crippen molar-refractivity contribution in [2.75, 3.05) is 5.32 Å². The molecule has 120 valence electrons. The number of pyridine rings is 1. The van der Waals surface area contributed by atoms with Crippen LogP contribution in [0.4, 0.5) is 10.2 Å². The number of halogens is 1. The molecular weight excluding hydrogens is 307 g/mol. The molecule has 0 atom stereocenters. The van der Waals surface area contributed by atoms with Crippen molar-refractivity contribution in [1.29, 1.82) is 0 Å². The summed E-state index contributed by atoms with van der Waals surface area (Å²) in [4.78, 5) is 24.3. The molecule has 0 unspecified atom stereocenters. The SMILES string of the molecule is Cc1cnc(C(=O)Nc2ccc(Cc3cccc(F)c3)cn2)cn1. The second-order valence-electron chi connectivity index (χ2n) is 5.36. The maximum atomic E-state index is 13.2. The minimum Gasteiger partial charge on any atom is -0.305 e. The Labute approximate surface area is 138 Å². The van der Waals surface area contributed by atoms with Crippen molar-refractivity contribution in [3.05, 3.63) is 83.3 Å². The highest BCUT2D eigenvalue weighted by Crippen LogP contribution is 2.12. The molecule has 0 fully saturated rings. The Hall–Kier alpha value is -3.15. The lowest BCUT2D eigenvalue weighted by atomic mass is 10.1. The van der Waals surface area contributed by atoms with Gasteiger partial charge < -0.3 is 5.32 Å². The minimum absolute atomic E-state index is 0.228. The normalized spacial score (nSPS) is 10.4. The highest BCUT2D eigenvalue weighted by Gasteiger charge is 2.08. The average Bonchev–Trinajstić information content (AvgIpc) is 2.57. The number of nitrogens with one attached hydrogen (secondary N) is 1. The molecule has 0 aliphatic heterocycles. The van der Waals surface area contributed by atoms with Crippen LogP contribution in [-0.4, -0.2) is 20.9 Å². The molecular formula is C18H15FN4O. The largest absolute Gasteiger partial charge is 0.305 e. The van der Waals surface area contributed by atoms with Gasteiger partial charge in [-0.05, 0) is 42.7 Å². The van der Waals surface area contributed by atoms with Gasteiger partial charge in [-0.2, -0.15) is 0 Å². The van der Waals surface area contributed by atoms with Crippen molar-refractivity contribution in [1.82, 2.24) is 15.0 Å². The van der Waals surface area contributed by atoms with Crippen LogP contribution in [0, 0.1) is 12.7 Å². The Kier molecular flexibility index (Phi) is 4.56. The first-order valence-corrected chi connectivity index (χ1v) is 7.39. The van der Waals surface area contributed by atoms with Crippen LogP contribution in [0.5, 0.6) is 0 Å². The van der Waals surface area contributed by atoms with Crippen LogP contribution in [0.1, 0.15) is 27.3 Å². The van der Waals surface area contributed by atoms with Gasteiger partial charge in [-0.25, -0.2) is 14.4 Å². The number of aromatic nitrogens is 3. The van der Waals surface area contributed by atoms with E-state index in [0.717, 1.165) is 16.8 Å². The number of nitrogens with zero attached hydrogens (tertiary/aromatic N) is 3. The maximum absolute atomic E-state index is 13.2. The number of benzene rings is 1. The third-order valence-electron chi connectivity index (χ3n) is 3.38. The van der Waals surface area contributed by atoms with Crippen molar-refractivity contribution in [2.24, 2.45) is 0 Å².